The Balaban J connectivity index is 1.71. The smallest absolute Gasteiger partial charge is 0.277 e. The molecular weight excluding hydrogens is 300 g/mol. The topological polar surface area (TPSA) is 50.7 Å². The van der Waals surface area contributed by atoms with E-state index in [-0.39, 0.29) is 12.5 Å². The predicted octanol–water partition coefficient (Wildman–Crippen LogP) is 3.53. The molecule has 1 amide bonds. The lowest BCUT2D eigenvalue weighted by Gasteiger charge is -2.04. The highest BCUT2D eigenvalue weighted by Gasteiger charge is 2.01. The summed E-state index contributed by atoms with van der Waals surface area (Å²) in [7, 11) is 0. The van der Waals surface area contributed by atoms with E-state index in [4.69, 9.17) is 16.3 Å². The van der Waals surface area contributed by atoms with Gasteiger partial charge in [-0.3, -0.25) is 4.79 Å². The molecule has 2 rings (SSSR count). The van der Waals surface area contributed by atoms with Crippen molar-refractivity contribution in [1.29, 1.82) is 0 Å². The van der Waals surface area contributed by atoms with Crippen LogP contribution < -0.4 is 10.2 Å². The number of carbonyl (C=O) groups is 1. The lowest BCUT2D eigenvalue weighted by atomic mass is 10.2. The number of hydrogen-bond donors (Lipinski definition) is 1. The number of nitrogens with zero attached hydrogens (tertiary/aromatic N) is 1. The average Bonchev–Trinajstić information content (AvgIpc) is 2.54. The molecule has 2 aromatic rings. The molecule has 0 radical (unpaired) electrons. The first-order chi connectivity index (χ1) is 10.7. The lowest BCUT2D eigenvalue weighted by molar-refractivity contribution is -0.123. The molecule has 0 saturated heterocycles. The summed E-state index contributed by atoms with van der Waals surface area (Å²) in [5, 5.41) is 4.36. The van der Waals surface area contributed by atoms with E-state index in [1.165, 1.54) is 6.21 Å². The Labute approximate surface area is 134 Å². The quantitative estimate of drug-likeness (QED) is 0.655. The van der Waals surface area contributed by atoms with E-state index in [1.54, 1.807) is 30.3 Å². The zero-order valence-electron chi connectivity index (χ0n) is 11.8. The van der Waals surface area contributed by atoms with Gasteiger partial charge in [0.1, 0.15) is 5.75 Å². The Morgan fingerprint density at radius 2 is 2.00 bits per heavy atom. The van der Waals surface area contributed by atoms with Crippen LogP contribution in [0.3, 0.4) is 0 Å². The van der Waals surface area contributed by atoms with Crippen molar-refractivity contribution in [3.05, 3.63) is 71.3 Å². The number of hydrazone groups is 1. The molecule has 0 spiro atoms. The molecule has 0 fully saturated rings. The molecular formula is C17H15ClN2O2. The zero-order valence-corrected chi connectivity index (χ0v) is 12.5. The molecule has 0 aromatic heterocycles. The van der Waals surface area contributed by atoms with E-state index in [2.05, 4.69) is 10.5 Å². The Morgan fingerprint density at radius 3 is 2.77 bits per heavy atom. The zero-order chi connectivity index (χ0) is 15.6. The fourth-order valence-electron chi connectivity index (χ4n) is 1.61. The van der Waals surface area contributed by atoms with Crippen LogP contribution in [0.2, 0.25) is 5.02 Å². The van der Waals surface area contributed by atoms with Gasteiger partial charge in [0.25, 0.3) is 5.91 Å². The number of benzene rings is 2. The highest BCUT2D eigenvalue weighted by molar-refractivity contribution is 6.30. The summed E-state index contributed by atoms with van der Waals surface area (Å²) in [6, 6.07) is 16.7. The summed E-state index contributed by atoms with van der Waals surface area (Å²) in [6.45, 7) is -0.125. The molecule has 5 heteroatoms. The van der Waals surface area contributed by atoms with Crippen LogP contribution in [-0.2, 0) is 4.79 Å². The molecule has 0 atom stereocenters. The standard InChI is InChI=1S/C17H15ClN2O2/c18-15-9-4-10-16(12-15)22-13-17(21)20-19-11-5-8-14-6-2-1-3-7-14/h1-12H,13H2,(H,20,21). The number of carbonyl (C=O) groups excluding carboxylic acids is 1. The maximum absolute atomic E-state index is 11.5. The van der Waals surface area contributed by atoms with E-state index in [1.807, 2.05) is 36.4 Å². The molecule has 0 saturated carbocycles. The number of amides is 1. The van der Waals surface area contributed by atoms with E-state index < -0.39 is 0 Å². The maximum Gasteiger partial charge on any atom is 0.277 e. The van der Waals surface area contributed by atoms with Gasteiger partial charge in [0.05, 0.1) is 0 Å². The second-order valence-corrected chi connectivity index (χ2v) is 4.77. The van der Waals surface area contributed by atoms with Crippen molar-refractivity contribution >= 4 is 29.8 Å². The molecule has 0 heterocycles. The number of hydrogen-bond acceptors (Lipinski definition) is 3. The van der Waals surface area contributed by atoms with E-state index in [0.29, 0.717) is 10.8 Å². The Morgan fingerprint density at radius 1 is 1.18 bits per heavy atom. The highest BCUT2D eigenvalue weighted by atomic mass is 35.5. The van der Waals surface area contributed by atoms with Crippen molar-refractivity contribution in [2.75, 3.05) is 6.61 Å². The van der Waals surface area contributed by atoms with Gasteiger partial charge in [-0.1, -0.05) is 54.1 Å². The number of nitrogens with one attached hydrogen (secondary N) is 1. The van der Waals surface area contributed by atoms with Crippen LogP contribution in [0.5, 0.6) is 5.75 Å². The fourth-order valence-corrected chi connectivity index (χ4v) is 1.79. The Bertz CT molecular complexity index is 669. The van der Waals surface area contributed by atoms with Crippen molar-refractivity contribution in [2.24, 2.45) is 5.10 Å². The first-order valence-corrected chi connectivity index (χ1v) is 7.04. The van der Waals surface area contributed by atoms with Crippen LogP contribution >= 0.6 is 11.6 Å². The Kier molecular flexibility index (Phi) is 6.20. The summed E-state index contributed by atoms with van der Waals surface area (Å²) in [6.07, 6.45) is 5.13. The molecule has 112 valence electrons. The van der Waals surface area contributed by atoms with Gasteiger partial charge >= 0.3 is 0 Å². The molecule has 22 heavy (non-hydrogen) atoms. The summed E-state index contributed by atoms with van der Waals surface area (Å²) < 4.78 is 5.29. The second kappa shape index (κ2) is 8.64. The van der Waals surface area contributed by atoms with E-state index >= 15 is 0 Å². The van der Waals surface area contributed by atoms with Crippen LogP contribution in [-0.4, -0.2) is 18.7 Å². The van der Waals surface area contributed by atoms with Gasteiger partial charge in [-0.2, -0.15) is 5.10 Å². The Hall–Kier alpha value is -2.59. The molecule has 0 aliphatic heterocycles. The van der Waals surface area contributed by atoms with Crippen molar-refractivity contribution in [1.82, 2.24) is 5.43 Å². The number of rotatable bonds is 6. The van der Waals surface area contributed by atoms with Crippen LogP contribution in [0.25, 0.3) is 6.08 Å². The largest absolute Gasteiger partial charge is 0.484 e. The van der Waals surface area contributed by atoms with Gasteiger partial charge in [0, 0.05) is 11.2 Å². The number of allylic oxidation sites excluding steroid dienone is 1. The predicted molar refractivity (Wildman–Crippen MR) is 89.1 cm³/mol. The minimum Gasteiger partial charge on any atom is -0.484 e. The molecule has 0 unspecified atom stereocenters. The second-order valence-electron chi connectivity index (χ2n) is 4.33. The third-order valence-corrected chi connectivity index (χ3v) is 2.84. The van der Waals surface area contributed by atoms with Gasteiger partial charge < -0.3 is 4.74 Å². The number of halogens is 1. The normalized spacial score (nSPS) is 11.0. The van der Waals surface area contributed by atoms with Crippen LogP contribution in [0, 0.1) is 0 Å². The molecule has 1 N–H and O–H groups in total. The third-order valence-electron chi connectivity index (χ3n) is 2.60. The van der Waals surface area contributed by atoms with Crippen molar-refractivity contribution in [3.8, 4) is 5.75 Å². The van der Waals surface area contributed by atoms with Gasteiger partial charge in [0.15, 0.2) is 6.61 Å². The molecule has 0 aliphatic rings. The van der Waals surface area contributed by atoms with Gasteiger partial charge in [0.2, 0.25) is 0 Å². The average molecular weight is 315 g/mol. The monoisotopic (exact) mass is 314 g/mol. The summed E-state index contributed by atoms with van der Waals surface area (Å²) in [5.41, 5.74) is 3.43. The fraction of sp³-hybridized carbons (Fsp3) is 0.0588. The van der Waals surface area contributed by atoms with Gasteiger partial charge in [-0.25, -0.2) is 5.43 Å². The molecule has 0 aliphatic carbocycles. The minimum absolute atomic E-state index is 0.125. The van der Waals surface area contributed by atoms with E-state index in [9.17, 15) is 4.79 Å². The van der Waals surface area contributed by atoms with Crippen molar-refractivity contribution in [3.63, 3.8) is 0 Å². The van der Waals surface area contributed by atoms with Gasteiger partial charge in [-0.05, 0) is 29.8 Å². The van der Waals surface area contributed by atoms with Gasteiger partial charge in [-0.15, -0.1) is 0 Å². The van der Waals surface area contributed by atoms with Crippen LogP contribution in [0.1, 0.15) is 5.56 Å². The number of ether oxygens (including phenoxy) is 1. The molecule has 0 bridgehead atoms. The molecule has 2 aromatic carbocycles. The molecule has 4 nitrogen and oxygen atoms in total. The summed E-state index contributed by atoms with van der Waals surface area (Å²) in [5.74, 6) is 0.194. The maximum atomic E-state index is 11.5. The summed E-state index contributed by atoms with van der Waals surface area (Å²) in [4.78, 5) is 11.5. The first-order valence-electron chi connectivity index (χ1n) is 6.66. The summed E-state index contributed by atoms with van der Waals surface area (Å²) >= 11 is 5.82. The van der Waals surface area contributed by atoms with Crippen LogP contribution in [0.15, 0.2) is 65.8 Å². The third kappa shape index (κ3) is 5.81. The highest BCUT2D eigenvalue weighted by Crippen LogP contribution is 2.16. The van der Waals surface area contributed by atoms with E-state index in [0.717, 1.165) is 5.56 Å². The minimum atomic E-state index is -0.343. The lowest BCUT2D eigenvalue weighted by Crippen LogP contribution is -2.24. The van der Waals surface area contributed by atoms with Crippen LogP contribution in [0.4, 0.5) is 0 Å². The first kappa shape index (κ1) is 15.8. The van der Waals surface area contributed by atoms with Crippen molar-refractivity contribution < 1.29 is 9.53 Å². The SMILES string of the molecule is O=C(COc1cccc(Cl)c1)NN=CC=Cc1ccccc1. The van der Waals surface area contributed by atoms with Crippen molar-refractivity contribution in [2.45, 2.75) is 0 Å².